The van der Waals surface area contributed by atoms with Crippen molar-refractivity contribution < 1.29 is 9.62 Å². The van der Waals surface area contributed by atoms with Gasteiger partial charge in [-0.2, -0.15) is 5.06 Å². The Balaban J connectivity index is 2.21. The fourth-order valence-corrected chi connectivity index (χ4v) is 1.56. The van der Waals surface area contributed by atoms with E-state index in [1.165, 1.54) is 5.56 Å². The van der Waals surface area contributed by atoms with Crippen molar-refractivity contribution in [3.63, 3.8) is 0 Å². The van der Waals surface area contributed by atoms with Crippen LogP contribution < -0.4 is 0 Å². The summed E-state index contributed by atoms with van der Waals surface area (Å²) in [7, 11) is 1.59. The van der Waals surface area contributed by atoms with E-state index in [1.54, 1.807) is 7.05 Å². The van der Waals surface area contributed by atoms with E-state index >= 15 is 0 Å². The number of hydrogen-bond donors (Lipinski definition) is 1. The molecule has 3 heteroatoms. The molecule has 16 heavy (non-hydrogen) atoms. The van der Waals surface area contributed by atoms with Crippen molar-refractivity contribution in [3.8, 4) is 11.3 Å². The van der Waals surface area contributed by atoms with Crippen LogP contribution in [0.1, 0.15) is 11.3 Å². The van der Waals surface area contributed by atoms with Gasteiger partial charge in [0.1, 0.15) is 11.5 Å². The Bertz CT molecular complexity index is 457. The minimum Gasteiger partial charge on any atom is -0.460 e. The van der Waals surface area contributed by atoms with Crippen LogP contribution in [0.15, 0.2) is 40.8 Å². The first kappa shape index (κ1) is 10.9. The SMILES string of the molecule is Cc1ccc(-c2ccc(CN(C)O)o2)cc1. The first-order valence-electron chi connectivity index (χ1n) is 5.21. The van der Waals surface area contributed by atoms with Crippen LogP contribution in [0.5, 0.6) is 0 Å². The summed E-state index contributed by atoms with van der Waals surface area (Å²) in [4.78, 5) is 0. The van der Waals surface area contributed by atoms with Gasteiger partial charge in [-0.25, -0.2) is 0 Å². The molecule has 1 heterocycles. The van der Waals surface area contributed by atoms with Crippen LogP contribution in [0.3, 0.4) is 0 Å². The summed E-state index contributed by atoms with van der Waals surface area (Å²) in [5.74, 6) is 1.58. The smallest absolute Gasteiger partial charge is 0.134 e. The van der Waals surface area contributed by atoms with Crippen LogP contribution in [0, 0.1) is 6.92 Å². The Labute approximate surface area is 94.9 Å². The molecular weight excluding hydrogens is 202 g/mol. The van der Waals surface area contributed by atoms with E-state index in [9.17, 15) is 0 Å². The molecule has 0 saturated heterocycles. The number of aryl methyl sites for hydroxylation is 1. The minimum absolute atomic E-state index is 0.395. The average Bonchev–Trinajstić information content (AvgIpc) is 2.66. The largest absolute Gasteiger partial charge is 0.460 e. The molecule has 0 saturated carbocycles. The van der Waals surface area contributed by atoms with Crippen LogP contribution >= 0.6 is 0 Å². The monoisotopic (exact) mass is 217 g/mol. The summed E-state index contributed by atoms with van der Waals surface area (Å²) in [6.07, 6.45) is 0. The van der Waals surface area contributed by atoms with Crippen LogP contribution in [-0.4, -0.2) is 17.3 Å². The van der Waals surface area contributed by atoms with Crippen molar-refractivity contribution in [2.75, 3.05) is 7.05 Å². The molecule has 0 unspecified atom stereocenters. The van der Waals surface area contributed by atoms with Gasteiger partial charge >= 0.3 is 0 Å². The van der Waals surface area contributed by atoms with E-state index < -0.39 is 0 Å². The lowest BCUT2D eigenvalue weighted by Gasteiger charge is -2.04. The topological polar surface area (TPSA) is 36.6 Å². The Hall–Kier alpha value is -1.58. The number of rotatable bonds is 3. The minimum atomic E-state index is 0.395. The van der Waals surface area contributed by atoms with Crippen molar-refractivity contribution in [2.24, 2.45) is 0 Å². The van der Waals surface area contributed by atoms with Gasteiger partial charge in [-0.15, -0.1) is 0 Å². The Morgan fingerprint density at radius 2 is 1.81 bits per heavy atom. The van der Waals surface area contributed by atoms with Crippen molar-refractivity contribution in [1.82, 2.24) is 5.06 Å². The third-order valence-corrected chi connectivity index (χ3v) is 2.38. The Morgan fingerprint density at radius 1 is 1.12 bits per heavy atom. The maximum Gasteiger partial charge on any atom is 0.134 e. The highest BCUT2D eigenvalue weighted by Gasteiger charge is 2.05. The summed E-state index contributed by atoms with van der Waals surface area (Å²) in [6, 6.07) is 12.0. The van der Waals surface area contributed by atoms with E-state index in [0.717, 1.165) is 22.1 Å². The predicted octanol–water partition coefficient (Wildman–Crippen LogP) is 3.08. The highest BCUT2D eigenvalue weighted by atomic mass is 16.5. The Morgan fingerprint density at radius 3 is 2.44 bits per heavy atom. The molecule has 0 radical (unpaired) electrons. The molecule has 1 aromatic carbocycles. The average molecular weight is 217 g/mol. The van der Waals surface area contributed by atoms with Gasteiger partial charge in [0.15, 0.2) is 0 Å². The lowest BCUT2D eigenvalue weighted by Crippen LogP contribution is -2.10. The summed E-state index contributed by atoms with van der Waals surface area (Å²) in [5, 5.41) is 10.2. The van der Waals surface area contributed by atoms with Crippen LogP contribution in [0.4, 0.5) is 0 Å². The van der Waals surface area contributed by atoms with Crippen LogP contribution in [0.25, 0.3) is 11.3 Å². The van der Waals surface area contributed by atoms with Crippen molar-refractivity contribution in [2.45, 2.75) is 13.5 Å². The number of hydrogen-bond acceptors (Lipinski definition) is 3. The molecule has 1 N–H and O–H groups in total. The number of nitrogens with zero attached hydrogens (tertiary/aromatic N) is 1. The Kier molecular flexibility index (Phi) is 3.08. The number of benzene rings is 1. The zero-order valence-corrected chi connectivity index (χ0v) is 9.47. The van der Waals surface area contributed by atoms with Gasteiger partial charge in [0, 0.05) is 12.6 Å². The number of furan rings is 1. The first-order valence-corrected chi connectivity index (χ1v) is 5.21. The van der Waals surface area contributed by atoms with E-state index in [-0.39, 0.29) is 0 Å². The van der Waals surface area contributed by atoms with Gasteiger partial charge in [-0.1, -0.05) is 29.8 Å². The highest BCUT2D eigenvalue weighted by molar-refractivity contribution is 5.57. The van der Waals surface area contributed by atoms with Crippen molar-refractivity contribution in [1.29, 1.82) is 0 Å². The maximum atomic E-state index is 9.10. The van der Waals surface area contributed by atoms with Gasteiger partial charge in [0.2, 0.25) is 0 Å². The third kappa shape index (κ3) is 2.51. The summed E-state index contributed by atoms with van der Waals surface area (Å²) >= 11 is 0. The molecule has 0 aliphatic carbocycles. The summed E-state index contributed by atoms with van der Waals surface area (Å²) in [5.41, 5.74) is 2.28. The quantitative estimate of drug-likeness (QED) is 0.803. The lowest BCUT2D eigenvalue weighted by molar-refractivity contribution is -0.0772. The lowest BCUT2D eigenvalue weighted by atomic mass is 10.1. The van der Waals surface area contributed by atoms with E-state index in [2.05, 4.69) is 19.1 Å². The normalized spacial score (nSPS) is 11.0. The van der Waals surface area contributed by atoms with Gasteiger partial charge in [0.05, 0.1) is 6.54 Å². The highest BCUT2D eigenvalue weighted by Crippen LogP contribution is 2.22. The molecule has 0 amide bonds. The molecule has 0 aliphatic heterocycles. The molecule has 0 bridgehead atoms. The van der Waals surface area contributed by atoms with E-state index in [0.29, 0.717) is 6.54 Å². The zero-order chi connectivity index (χ0) is 11.5. The second kappa shape index (κ2) is 4.51. The second-order valence-corrected chi connectivity index (χ2v) is 3.95. The zero-order valence-electron chi connectivity index (χ0n) is 9.47. The van der Waals surface area contributed by atoms with Gasteiger partial charge in [0.25, 0.3) is 0 Å². The molecule has 3 nitrogen and oxygen atoms in total. The number of hydroxylamine groups is 2. The molecular formula is C13H15NO2. The predicted molar refractivity (Wildman–Crippen MR) is 62.1 cm³/mol. The fourth-order valence-electron chi connectivity index (χ4n) is 1.56. The molecule has 2 aromatic rings. The van der Waals surface area contributed by atoms with Crippen LogP contribution in [0.2, 0.25) is 0 Å². The molecule has 0 aliphatic rings. The fraction of sp³-hybridized carbons (Fsp3) is 0.231. The first-order chi connectivity index (χ1) is 7.65. The standard InChI is InChI=1S/C13H15NO2/c1-10-3-5-11(6-4-10)13-8-7-12(16-13)9-14(2)15/h3-8,15H,9H2,1-2H3. The molecule has 0 atom stereocenters. The molecule has 0 fully saturated rings. The van der Waals surface area contributed by atoms with Gasteiger partial charge in [-0.05, 0) is 19.1 Å². The van der Waals surface area contributed by atoms with Crippen molar-refractivity contribution in [3.05, 3.63) is 47.7 Å². The van der Waals surface area contributed by atoms with E-state index in [1.807, 2.05) is 24.3 Å². The van der Waals surface area contributed by atoms with Crippen molar-refractivity contribution >= 4 is 0 Å². The molecule has 2 rings (SSSR count). The maximum absolute atomic E-state index is 9.10. The second-order valence-electron chi connectivity index (χ2n) is 3.95. The van der Waals surface area contributed by atoms with Gasteiger partial charge in [-0.3, -0.25) is 0 Å². The van der Waals surface area contributed by atoms with Crippen LogP contribution in [-0.2, 0) is 6.54 Å². The molecule has 84 valence electrons. The molecule has 1 aromatic heterocycles. The van der Waals surface area contributed by atoms with Gasteiger partial charge < -0.3 is 9.62 Å². The summed E-state index contributed by atoms with van der Waals surface area (Å²) in [6.45, 7) is 2.45. The van der Waals surface area contributed by atoms with E-state index in [4.69, 9.17) is 9.62 Å². The summed E-state index contributed by atoms with van der Waals surface area (Å²) < 4.78 is 5.62. The molecule has 0 spiro atoms. The third-order valence-electron chi connectivity index (χ3n) is 2.38.